The van der Waals surface area contributed by atoms with E-state index in [0.717, 1.165) is 19.3 Å². The second-order valence-corrected chi connectivity index (χ2v) is 10.1. The molecule has 1 saturated carbocycles. The predicted molar refractivity (Wildman–Crippen MR) is 127 cm³/mol. The van der Waals surface area contributed by atoms with Gasteiger partial charge >= 0.3 is 6.09 Å². The highest BCUT2D eigenvalue weighted by molar-refractivity contribution is 5.92. The molecular weight excluding hydrogens is 422 g/mol. The molecule has 3 amide bonds. The van der Waals surface area contributed by atoms with Gasteiger partial charge in [-0.3, -0.25) is 9.59 Å². The minimum absolute atomic E-state index is 0.0167. The SMILES string of the molecule is CCCC(C)NC(=O)C(c1cccc(O)c1)N(C(=O)C(C)NC(=O)OC(C)(C)C)C1CC1C. The third-order valence-electron chi connectivity index (χ3n) is 5.61. The molecule has 0 aromatic heterocycles. The number of rotatable bonds is 9. The van der Waals surface area contributed by atoms with Crippen LogP contribution >= 0.6 is 0 Å². The van der Waals surface area contributed by atoms with E-state index in [0.29, 0.717) is 5.56 Å². The van der Waals surface area contributed by atoms with Crippen LogP contribution in [0, 0.1) is 5.92 Å². The Morgan fingerprint density at radius 2 is 1.85 bits per heavy atom. The highest BCUT2D eigenvalue weighted by Crippen LogP contribution is 2.41. The number of carbonyl (C=O) groups is 3. The second kappa shape index (κ2) is 10.9. The molecule has 8 heteroatoms. The Hall–Kier alpha value is -2.77. The number of ether oxygens (including phenoxy) is 1. The largest absolute Gasteiger partial charge is 0.508 e. The van der Waals surface area contributed by atoms with E-state index in [1.54, 1.807) is 44.7 Å². The van der Waals surface area contributed by atoms with Gasteiger partial charge < -0.3 is 25.4 Å². The van der Waals surface area contributed by atoms with Crippen LogP contribution in [-0.2, 0) is 14.3 Å². The van der Waals surface area contributed by atoms with Gasteiger partial charge in [0.25, 0.3) is 0 Å². The van der Waals surface area contributed by atoms with Crippen molar-refractivity contribution in [3.05, 3.63) is 29.8 Å². The first-order valence-corrected chi connectivity index (χ1v) is 11.7. The topological polar surface area (TPSA) is 108 Å². The third kappa shape index (κ3) is 7.65. The van der Waals surface area contributed by atoms with Crippen LogP contribution in [-0.4, -0.2) is 51.6 Å². The van der Waals surface area contributed by atoms with E-state index in [-0.39, 0.29) is 35.6 Å². The fourth-order valence-corrected chi connectivity index (χ4v) is 3.90. The molecule has 184 valence electrons. The molecule has 1 aromatic rings. The minimum Gasteiger partial charge on any atom is -0.508 e. The maximum absolute atomic E-state index is 13.6. The van der Waals surface area contributed by atoms with Crippen LogP contribution in [0.3, 0.4) is 0 Å². The number of hydrogen-bond acceptors (Lipinski definition) is 5. The highest BCUT2D eigenvalue weighted by atomic mass is 16.6. The number of phenols is 1. The van der Waals surface area contributed by atoms with Gasteiger partial charge in [0.15, 0.2) is 0 Å². The molecule has 1 aliphatic carbocycles. The fraction of sp³-hybridized carbons (Fsp3) is 0.640. The molecule has 33 heavy (non-hydrogen) atoms. The second-order valence-electron chi connectivity index (χ2n) is 10.1. The molecule has 0 heterocycles. The summed E-state index contributed by atoms with van der Waals surface area (Å²) in [6, 6.07) is 4.39. The van der Waals surface area contributed by atoms with Crippen molar-refractivity contribution in [2.75, 3.05) is 0 Å². The molecule has 1 fully saturated rings. The van der Waals surface area contributed by atoms with Crippen LogP contribution < -0.4 is 10.6 Å². The zero-order valence-corrected chi connectivity index (χ0v) is 20.8. The molecule has 0 aliphatic heterocycles. The molecule has 0 bridgehead atoms. The summed E-state index contributed by atoms with van der Waals surface area (Å²) in [5, 5.41) is 15.7. The molecule has 0 spiro atoms. The fourth-order valence-electron chi connectivity index (χ4n) is 3.90. The molecule has 0 radical (unpaired) electrons. The van der Waals surface area contributed by atoms with E-state index in [9.17, 15) is 19.5 Å². The summed E-state index contributed by atoms with van der Waals surface area (Å²) < 4.78 is 5.29. The number of alkyl carbamates (subject to hydrolysis) is 1. The molecule has 5 atom stereocenters. The van der Waals surface area contributed by atoms with Crippen LogP contribution in [0.1, 0.15) is 79.3 Å². The molecule has 0 saturated heterocycles. The first-order valence-electron chi connectivity index (χ1n) is 11.7. The van der Waals surface area contributed by atoms with Gasteiger partial charge in [-0.25, -0.2) is 4.79 Å². The zero-order valence-electron chi connectivity index (χ0n) is 20.8. The van der Waals surface area contributed by atoms with Gasteiger partial charge in [-0.15, -0.1) is 0 Å². The van der Waals surface area contributed by atoms with Crippen LogP contribution in [0.2, 0.25) is 0 Å². The Labute approximate surface area is 197 Å². The number of hydrogen-bond donors (Lipinski definition) is 3. The number of nitrogens with zero attached hydrogens (tertiary/aromatic N) is 1. The first kappa shape index (κ1) is 26.5. The maximum atomic E-state index is 13.6. The summed E-state index contributed by atoms with van der Waals surface area (Å²) in [5.74, 6) is -0.438. The third-order valence-corrected chi connectivity index (χ3v) is 5.61. The van der Waals surface area contributed by atoms with Crippen molar-refractivity contribution < 1.29 is 24.2 Å². The number of phenolic OH excluding ortho intramolecular Hbond substituents is 1. The van der Waals surface area contributed by atoms with Gasteiger partial charge in [0.1, 0.15) is 23.4 Å². The van der Waals surface area contributed by atoms with E-state index >= 15 is 0 Å². The Bertz CT molecular complexity index is 851. The Morgan fingerprint density at radius 3 is 2.36 bits per heavy atom. The quantitative estimate of drug-likeness (QED) is 0.517. The highest BCUT2D eigenvalue weighted by Gasteiger charge is 2.47. The lowest BCUT2D eigenvalue weighted by atomic mass is 10.0. The monoisotopic (exact) mass is 461 g/mol. The van der Waals surface area contributed by atoms with Gasteiger partial charge in [-0.2, -0.15) is 0 Å². The summed E-state index contributed by atoms with van der Waals surface area (Å²) in [6.07, 6.45) is 1.79. The van der Waals surface area contributed by atoms with Crippen molar-refractivity contribution in [1.29, 1.82) is 0 Å². The van der Waals surface area contributed by atoms with Gasteiger partial charge in [0, 0.05) is 12.1 Å². The van der Waals surface area contributed by atoms with E-state index in [2.05, 4.69) is 10.6 Å². The molecule has 1 aliphatic rings. The summed E-state index contributed by atoms with van der Waals surface area (Å²) in [6.45, 7) is 12.8. The van der Waals surface area contributed by atoms with Gasteiger partial charge in [0.2, 0.25) is 11.8 Å². The summed E-state index contributed by atoms with van der Waals surface area (Å²) in [4.78, 5) is 40.9. The normalized spacial score (nSPS) is 20.2. The van der Waals surface area contributed by atoms with Gasteiger partial charge in [0.05, 0.1) is 0 Å². The number of aromatic hydroxyl groups is 1. The lowest BCUT2D eigenvalue weighted by molar-refractivity contribution is -0.143. The molecule has 5 unspecified atom stereocenters. The van der Waals surface area contributed by atoms with E-state index < -0.39 is 23.8 Å². The van der Waals surface area contributed by atoms with E-state index in [4.69, 9.17) is 4.74 Å². The average molecular weight is 462 g/mol. The van der Waals surface area contributed by atoms with Crippen molar-refractivity contribution in [3.63, 3.8) is 0 Å². The minimum atomic E-state index is -0.929. The van der Waals surface area contributed by atoms with E-state index in [1.165, 1.54) is 12.1 Å². The van der Waals surface area contributed by atoms with Gasteiger partial charge in [-0.05, 0) is 71.1 Å². The van der Waals surface area contributed by atoms with Crippen molar-refractivity contribution in [2.45, 2.75) is 97.5 Å². The maximum Gasteiger partial charge on any atom is 0.408 e. The molecular formula is C25H39N3O5. The van der Waals surface area contributed by atoms with Crippen molar-refractivity contribution in [2.24, 2.45) is 5.92 Å². The Kier molecular flexibility index (Phi) is 8.75. The number of benzene rings is 1. The zero-order chi connectivity index (χ0) is 24.9. The lowest BCUT2D eigenvalue weighted by Crippen LogP contribution is -2.53. The van der Waals surface area contributed by atoms with Gasteiger partial charge in [-0.1, -0.05) is 32.4 Å². The van der Waals surface area contributed by atoms with Crippen LogP contribution in [0.15, 0.2) is 24.3 Å². The van der Waals surface area contributed by atoms with E-state index in [1.807, 2.05) is 20.8 Å². The molecule has 3 N–H and O–H groups in total. The molecule has 1 aromatic carbocycles. The smallest absolute Gasteiger partial charge is 0.408 e. The number of nitrogens with one attached hydrogen (secondary N) is 2. The van der Waals surface area contributed by atoms with Crippen molar-refractivity contribution in [1.82, 2.24) is 15.5 Å². The molecule has 2 rings (SSSR count). The van der Waals surface area contributed by atoms with Crippen LogP contribution in [0.4, 0.5) is 4.79 Å². The Morgan fingerprint density at radius 1 is 1.21 bits per heavy atom. The van der Waals surface area contributed by atoms with Crippen LogP contribution in [0.25, 0.3) is 0 Å². The van der Waals surface area contributed by atoms with Crippen molar-refractivity contribution >= 4 is 17.9 Å². The lowest BCUT2D eigenvalue weighted by Gasteiger charge is -2.34. The summed E-state index contributed by atoms with van der Waals surface area (Å²) in [7, 11) is 0. The average Bonchev–Trinajstić information content (AvgIpc) is 3.39. The summed E-state index contributed by atoms with van der Waals surface area (Å²) >= 11 is 0. The predicted octanol–water partition coefficient (Wildman–Crippen LogP) is 3.89. The van der Waals surface area contributed by atoms with Crippen LogP contribution in [0.5, 0.6) is 5.75 Å². The first-order chi connectivity index (χ1) is 15.3. The number of carbonyl (C=O) groups excluding carboxylic acids is 3. The standard InChI is InChI=1S/C25H39N3O5/c1-8-10-16(3)26-22(30)21(18-11-9-12-19(29)14-18)28(20-13-15(20)2)23(31)17(4)27-24(32)33-25(5,6)7/h9,11-12,14-17,20-21,29H,8,10,13H2,1-7H3,(H,26,30)(H,27,32). The van der Waals surface area contributed by atoms with Crippen molar-refractivity contribution in [3.8, 4) is 5.75 Å². The Balaban J connectivity index is 2.36. The summed E-state index contributed by atoms with van der Waals surface area (Å²) in [5.41, 5.74) is -0.176. The number of amides is 3. The molecule has 8 nitrogen and oxygen atoms in total.